The van der Waals surface area contributed by atoms with Crippen LogP contribution in [0.3, 0.4) is 0 Å². The second kappa shape index (κ2) is 6.43. The van der Waals surface area contributed by atoms with Crippen molar-refractivity contribution in [3.8, 4) is 0 Å². The Morgan fingerprint density at radius 2 is 1.57 bits per heavy atom. The Morgan fingerprint density at radius 1 is 0.905 bits per heavy atom. The van der Waals surface area contributed by atoms with Crippen molar-refractivity contribution in [2.24, 2.45) is 5.92 Å². The maximum atomic E-state index is 13.1. The smallest absolute Gasteiger partial charge is 0.166 e. The summed E-state index contributed by atoms with van der Waals surface area (Å²) >= 11 is 0. The van der Waals surface area contributed by atoms with Gasteiger partial charge in [0.1, 0.15) is 0 Å². The number of aryl methyl sites for hydroxylation is 1. The monoisotopic (exact) mass is 280 g/mol. The molecule has 0 aromatic heterocycles. The largest absolute Gasteiger partial charge is 0.294 e. The van der Waals surface area contributed by atoms with Crippen LogP contribution >= 0.6 is 0 Å². The van der Waals surface area contributed by atoms with Crippen LogP contribution in [0.15, 0.2) is 36.4 Å². The lowest BCUT2D eigenvalue weighted by Gasteiger charge is -2.20. The second-order valence-corrected chi connectivity index (χ2v) is 6.38. The van der Waals surface area contributed by atoms with E-state index in [4.69, 9.17) is 0 Å². The molecule has 2 aromatic carbocycles. The van der Waals surface area contributed by atoms with Crippen LogP contribution in [-0.2, 0) is 0 Å². The fraction of sp³-hybridized carbons (Fsp3) is 0.450. The minimum Gasteiger partial charge on any atom is -0.294 e. The molecular weight excluding hydrogens is 256 g/mol. The van der Waals surface area contributed by atoms with Crippen LogP contribution in [0.25, 0.3) is 10.8 Å². The van der Waals surface area contributed by atoms with E-state index in [0.29, 0.717) is 5.78 Å². The van der Waals surface area contributed by atoms with Gasteiger partial charge in [-0.1, -0.05) is 68.5 Å². The van der Waals surface area contributed by atoms with E-state index in [1.807, 2.05) is 12.1 Å². The summed E-state index contributed by atoms with van der Waals surface area (Å²) < 4.78 is 0. The molecule has 0 unspecified atom stereocenters. The summed E-state index contributed by atoms with van der Waals surface area (Å²) in [5.41, 5.74) is 2.10. The van der Waals surface area contributed by atoms with E-state index in [-0.39, 0.29) is 5.92 Å². The Labute approximate surface area is 127 Å². The molecule has 3 rings (SSSR count). The van der Waals surface area contributed by atoms with Gasteiger partial charge in [-0.05, 0) is 36.1 Å². The summed E-state index contributed by atoms with van der Waals surface area (Å²) in [6.45, 7) is 2.07. The van der Waals surface area contributed by atoms with Gasteiger partial charge in [0.2, 0.25) is 0 Å². The van der Waals surface area contributed by atoms with Gasteiger partial charge < -0.3 is 0 Å². The van der Waals surface area contributed by atoms with Gasteiger partial charge in [0, 0.05) is 11.5 Å². The lowest BCUT2D eigenvalue weighted by atomic mass is 9.83. The number of carbonyl (C=O) groups excluding carboxylic acids is 1. The topological polar surface area (TPSA) is 17.1 Å². The first-order valence-electron chi connectivity index (χ1n) is 8.30. The summed E-state index contributed by atoms with van der Waals surface area (Å²) in [6.07, 6.45) is 8.48. The Hall–Kier alpha value is -1.63. The highest BCUT2D eigenvalue weighted by Crippen LogP contribution is 2.30. The standard InChI is InChI=1S/C20H24O/c1-15-13-14-16-9-7-8-12-18(16)19(15)20(21)17-10-5-3-2-4-6-11-17/h7-9,12-14,17H,2-6,10-11H2,1H3. The molecule has 0 spiro atoms. The first-order chi connectivity index (χ1) is 10.3. The summed E-state index contributed by atoms with van der Waals surface area (Å²) in [7, 11) is 0. The maximum absolute atomic E-state index is 13.1. The average molecular weight is 280 g/mol. The van der Waals surface area contributed by atoms with Crippen molar-refractivity contribution in [2.75, 3.05) is 0 Å². The highest BCUT2D eigenvalue weighted by atomic mass is 16.1. The van der Waals surface area contributed by atoms with Gasteiger partial charge in [0.25, 0.3) is 0 Å². The van der Waals surface area contributed by atoms with E-state index in [0.717, 1.165) is 29.4 Å². The second-order valence-electron chi connectivity index (χ2n) is 6.38. The van der Waals surface area contributed by atoms with Crippen molar-refractivity contribution in [2.45, 2.75) is 51.9 Å². The van der Waals surface area contributed by atoms with Crippen LogP contribution in [0.2, 0.25) is 0 Å². The van der Waals surface area contributed by atoms with Gasteiger partial charge in [-0.25, -0.2) is 0 Å². The van der Waals surface area contributed by atoms with E-state index >= 15 is 0 Å². The highest BCUT2D eigenvalue weighted by Gasteiger charge is 2.23. The SMILES string of the molecule is Cc1ccc2ccccc2c1C(=O)C1CCCCCCC1. The van der Waals surface area contributed by atoms with Crippen molar-refractivity contribution >= 4 is 16.6 Å². The first kappa shape index (κ1) is 14.3. The minimum absolute atomic E-state index is 0.231. The Balaban J connectivity index is 1.98. The number of Topliss-reactive ketones (excluding diaryl/α,β-unsaturated/α-hetero) is 1. The third kappa shape index (κ3) is 3.02. The molecule has 1 saturated carbocycles. The Bertz CT molecular complexity index is 633. The lowest BCUT2D eigenvalue weighted by Crippen LogP contribution is -2.17. The molecule has 1 fully saturated rings. The van der Waals surface area contributed by atoms with Gasteiger partial charge in [0.05, 0.1) is 0 Å². The van der Waals surface area contributed by atoms with Gasteiger partial charge >= 0.3 is 0 Å². The number of rotatable bonds is 2. The maximum Gasteiger partial charge on any atom is 0.166 e. The minimum atomic E-state index is 0.231. The van der Waals surface area contributed by atoms with Crippen molar-refractivity contribution in [3.63, 3.8) is 0 Å². The van der Waals surface area contributed by atoms with E-state index in [2.05, 4.69) is 31.2 Å². The number of ketones is 1. The molecule has 1 heteroatoms. The van der Waals surface area contributed by atoms with Crippen molar-refractivity contribution in [1.82, 2.24) is 0 Å². The van der Waals surface area contributed by atoms with E-state index < -0.39 is 0 Å². The summed E-state index contributed by atoms with van der Waals surface area (Å²) in [5, 5.41) is 2.31. The van der Waals surface area contributed by atoms with E-state index in [1.54, 1.807) is 0 Å². The van der Waals surface area contributed by atoms with Crippen molar-refractivity contribution in [3.05, 3.63) is 47.5 Å². The zero-order chi connectivity index (χ0) is 14.7. The van der Waals surface area contributed by atoms with Crippen LogP contribution in [0.1, 0.15) is 60.9 Å². The quantitative estimate of drug-likeness (QED) is 0.646. The van der Waals surface area contributed by atoms with Gasteiger partial charge in [-0.3, -0.25) is 4.79 Å². The number of fused-ring (bicyclic) bond motifs is 1. The van der Waals surface area contributed by atoms with Gasteiger partial charge in [-0.15, -0.1) is 0 Å². The predicted octanol–water partition coefficient (Wildman–Crippen LogP) is 5.69. The third-order valence-corrected chi connectivity index (χ3v) is 4.86. The molecule has 0 aliphatic heterocycles. The van der Waals surface area contributed by atoms with Crippen LogP contribution in [0.5, 0.6) is 0 Å². The molecule has 0 amide bonds. The summed E-state index contributed by atoms with van der Waals surface area (Å²) in [4.78, 5) is 13.1. The van der Waals surface area contributed by atoms with Crippen LogP contribution in [-0.4, -0.2) is 5.78 Å². The molecule has 110 valence electrons. The zero-order valence-corrected chi connectivity index (χ0v) is 12.9. The Kier molecular flexibility index (Phi) is 4.38. The fourth-order valence-corrected chi connectivity index (χ4v) is 3.63. The third-order valence-electron chi connectivity index (χ3n) is 4.86. The van der Waals surface area contributed by atoms with E-state index in [9.17, 15) is 4.79 Å². The Morgan fingerprint density at radius 3 is 2.33 bits per heavy atom. The number of hydrogen-bond donors (Lipinski definition) is 0. The molecule has 1 aliphatic rings. The van der Waals surface area contributed by atoms with Crippen molar-refractivity contribution < 1.29 is 4.79 Å². The predicted molar refractivity (Wildman–Crippen MR) is 88.8 cm³/mol. The van der Waals surface area contributed by atoms with Crippen LogP contribution in [0.4, 0.5) is 0 Å². The van der Waals surface area contributed by atoms with Gasteiger partial charge in [-0.2, -0.15) is 0 Å². The lowest BCUT2D eigenvalue weighted by molar-refractivity contribution is 0.0899. The molecule has 0 atom stereocenters. The molecule has 0 N–H and O–H groups in total. The highest BCUT2D eigenvalue weighted by molar-refractivity contribution is 6.10. The molecular formula is C20H24O. The van der Waals surface area contributed by atoms with Gasteiger partial charge in [0.15, 0.2) is 5.78 Å². The fourth-order valence-electron chi connectivity index (χ4n) is 3.63. The zero-order valence-electron chi connectivity index (χ0n) is 12.9. The number of carbonyl (C=O) groups is 1. The number of benzene rings is 2. The number of hydrogen-bond acceptors (Lipinski definition) is 1. The molecule has 21 heavy (non-hydrogen) atoms. The van der Waals surface area contributed by atoms with Crippen molar-refractivity contribution in [1.29, 1.82) is 0 Å². The molecule has 0 saturated heterocycles. The summed E-state index contributed by atoms with van der Waals surface area (Å²) in [6, 6.07) is 12.5. The molecule has 0 radical (unpaired) electrons. The molecule has 1 aliphatic carbocycles. The molecule has 2 aromatic rings. The molecule has 1 nitrogen and oxygen atoms in total. The molecule has 0 heterocycles. The summed E-state index contributed by atoms with van der Waals surface area (Å²) in [5.74, 6) is 0.612. The first-order valence-corrected chi connectivity index (χ1v) is 8.30. The van der Waals surface area contributed by atoms with E-state index in [1.165, 1.54) is 37.5 Å². The molecule has 0 bridgehead atoms. The average Bonchev–Trinajstić information content (AvgIpc) is 2.46. The normalized spacial score (nSPS) is 17.4. The van der Waals surface area contributed by atoms with Crippen LogP contribution in [0, 0.1) is 12.8 Å². The van der Waals surface area contributed by atoms with Crippen LogP contribution < -0.4 is 0 Å².